The fourth-order valence-electron chi connectivity index (χ4n) is 18.6. The lowest BCUT2D eigenvalue weighted by molar-refractivity contribution is -0.157. The van der Waals surface area contributed by atoms with Gasteiger partial charge < -0.3 is 30.3 Å². The number of carboxylic acid groups (broad SMARTS) is 4. The number of benzene rings is 6. The summed E-state index contributed by atoms with van der Waals surface area (Å²) in [7, 11) is 0. The Hall–Kier alpha value is -8.68. The third kappa shape index (κ3) is 40.9. The van der Waals surface area contributed by atoms with Crippen LogP contribution in [0, 0.1) is 17.8 Å². The van der Waals surface area contributed by atoms with Gasteiger partial charge in [-0.3, -0.25) is 38.9 Å². The second kappa shape index (κ2) is 59.9. The number of H-pyrrole nitrogens is 1. The summed E-state index contributed by atoms with van der Waals surface area (Å²) in [6.45, 7) is 21.3. The molecule has 23 heteroatoms. The first-order valence-electron chi connectivity index (χ1n) is 50.3. The van der Waals surface area contributed by atoms with Gasteiger partial charge in [-0.15, -0.1) is 21.5 Å². The fraction of sp³-hybridized carbons (Fsp3) is 0.587. The van der Waals surface area contributed by atoms with Crippen molar-refractivity contribution in [3.8, 4) is 16.9 Å². The maximum Gasteiger partial charge on any atom is 0.426 e. The first kappa shape index (κ1) is 107. The summed E-state index contributed by atoms with van der Waals surface area (Å²) in [5.74, 6) is -0.964. The molecule has 0 spiro atoms. The maximum atomic E-state index is 13.5. The number of halogens is 3. The largest absolute Gasteiger partial charge is 0.488 e. The minimum absolute atomic E-state index is 0.0585. The number of β-amino-alcohol motifs (C(OH)–C–C–N with tert-alkyl or cyclic N) is 1. The normalized spacial score (nSPS) is 17.7. The fourth-order valence-corrected chi connectivity index (χ4v) is 19.5. The first-order valence-corrected chi connectivity index (χ1v) is 51.1. The van der Waals surface area contributed by atoms with Crippen LogP contribution in [0.3, 0.4) is 0 Å². The SMILES string of the molecule is CCCCCCCCCc1ccc(CN2CC(C(=O)O)C2)cc1.CCCCCCCCCc1ccc(CN2CCC(CC(=O)O)C2)cc1.CCCCCCCCCc1ccc(CN2CCC(O)(C(=O)O)C2)cc1.CCCCCCCCCc1ccc(CN2CCC(c3nn[nH]n3)C2)cc1.O=C(O)CC1CCN(Cc2ccc(OCc3cc(-c4ccccc4)c(C(F)(F)F)s3)cc2)C1. The lowest BCUT2D eigenvalue weighted by atomic mass is 9.99. The summed E-state index contributed by atoms with van der Waals surface area (Å²) in [4.78, 5) is 54.8. The molecule has 0 bridgehead atoms. The third-order valence-corrected chi connectivity index (χ3v) is 27.7. The van der Waals surface area contributed by atoms with Gasteiger partial charge in [0.1, 0.15) is 17.2 Å². The van der Waals surface area contributed by atoms with Gasteiger partial charge in [0.15, 0.2) is 11.4 Å². The van der Waals surface area contributed by atoms with Crippen LogP contribution in [0.2, 0.25) is 0 Å². The van der Waals surface area contributed by atoms with Crippen LogP contribution in [-0.4, -0.2) is 166 Å². The van der Waals surface area contributed by atoms with Gasteiger partial charge in [0, 0.05) is 114 Å². The summed E-state index contributed by atoms with van der Waals surface area (Å²) >= 11 is 0.711. The number of aromatic nitrogens is 4. The van der Waals surface area contributed by atoms with Crippen molar-refractivity contribution in [2.45, 2.75) is 329 Å². The van der Waals surface area contributed by atoms with Crippen molar-refractivity contribution >= 4 is 35.2 Å². The number of ether oxygens (including phenoxy) is 1. The molecule has 2 aromatic heterocycles. The van der Waals surface area contributed by atoms with E-state index in [1.807, 2.05) is 29.2 Å². The van der Waals surface area contributed by atoms with Gasteiger partial charge in [0.25, 0.3) is 0 Å². The lowest BCUT2D eigenvalue weighted by Crippen LogP contribution is -2.49. The van der Waals surface area contributed by atoms with Gasteiger partial charge in [0.2, 0.25) is 0 Å². The zero-order chi connectivity index (χ0) is 94.0. The van der Waals surface area contributed by atoms with E-state index in [-0.39, 0.29) is 37.0 Å². The Balaban J connectivity index is 0.000000187. The highest BCUT2D eigenvalue weighted by molar-refractivity contribution is 7.12. The average molecular weight is 1840 g/mol. The van der Waals surface area contributed by atoms with Crippen LogP contribution in [0.15, 0.2) is 158 Å². The molecule has 8 aromatic rings. The molecular formula is C109H156F3N9O10S. The molecule has 0 radical (unpaired) electrons. The van der Waals surface area contributed by atoms with Crippen molar-refractivity contribution in [3.05, 3.63) is 223 Å². The number of carbonyl (C=O) groups is 4. The average Bonchev–Trinajstić information content (AvgIpc) is 1.64. The molecule has 5 aliphatic heterocycles. The highest BCUT2D eigenvalue weighted by Gasteiger charge is 2.43. The van der Waals surface area contributed by atoms with Crippen LogP contribution in [0.1, 0.15) is 318 Å². The van der Waals surface area contributed by atoms with Gasteiger partial charge in [-0.1, -0.05) is 327 Å². The van der Waals surface area contributed by atoms with Crippen molar-refractivity contribution in [3.63, 3.8) is 0 Å². The monoisotopic (exact) mass is 1840 g/mol. The van der Waals surface area contributed by atoms with Crippen molar-refractivity contribution in [2.75, 3.05) is 65.4 Å². The number of likely N-dealkylation sites (tertiary alicyclic amines) is 5. The quantitative estimate of drug-likeness (QED) is 0.0194. The number of thiophene rings is 1. The highest BCUT2D eigenvalue weighted by atomic mass is 32.1. The van der Waals surface area contributed by atoms with E-state index in [4.69, 9.17) is 25.2 Å². The van der Waals surface area contributed by atoms with Crippen LogP contribution < -0.4 is 4.74 Å². The molecule has 4 unspecified atom stereocenters. The number of aryl methyl sites for hydroxylation is 4. The Labute approximate surface area is 790 Å². The number of rotatable bonds is 53. The number of hydrogen-bond acceptors (Lipinski definition) is 15. The predicted molar refractivity (Wildman–Crippen MR) is 525 cm³/mol. The minimum atomic E-state index is -4.42. The number of alkyl halides is 3. The summed E-state index contributed by atoms with van der Waals surface area (Å²) in [5, 5.41) is 60.3. The smallest absolute Gasteiger partial charge is 0.426 e. The van der Waals surface area contributed by atoms with Gasteiger partial charge in [-0.25, -0.2) is 4.79 Å². The van der Waals surface area contributed by atoms with E-state index in [0.29, 0.717) is 78.4 Å². The summed E-state index contributed by atoms with van der Waals surface area (Å²) in [6.07, 6.45) is 42.1. The van der Waals surface area contributed by atoms with Gasteiger partial charge in [-0.05, 0) is 176 Å². The molecule has 0 saturated carbocycles. The number of unbranched alkanes of at least 4 members (excludes halogenated alkanes) is 24. The van der Waals surface area contributed by atoms with Crippen LogP contribution in [0.25, 0.3) is 11.1 Å². The third-order valence-electron chi connectivity index (χ3n) is 26.5. The highest BCUT2D eigenvalue weighted by Crippen LogP contribution is 2.43. The number of aromatic amines is 1. The van der Waals surface area contributed by atoms with Gasteiger partial charge in [0.05, 0.1) is 5.92 Å². The Morgan fingerprint density at radius 1 is 0.439 bits per heavy atom. The van der Waals surface area contributed by atoms with E-state index in [0.717, 1.165) is 103 Å². The molecule has 5 fully saturated rings. The van der Waals surface area contributed by atoms with Crippen molar-refractivity contribution < 1.29 is 62.6 Å². The van der Waals surface area contributed by atoms with Crippen molar-refractivity contribution in [2.24, 2.45) is 17.8 Å². The molecule has 0 amide bonds. The summed E-state index contributed by atoms with van der Waals surface area (Å²) in [5.41, 5.74) is 11.2. The zero-order valence-corrected chi connectivity index (χ0v) is 80.7. The molecule has 13 rings (SSSR count). The Kier molecular flexibility index (Phi) is 48.6. The lowest BCUT2D eigenvalue weighted by Gasteiger charge is -2.36. The number of carboxylic acids is 4. The molecular weight excluding hydrogens is 1680 g/mol. The number of aliphatic hydroxyl groups is 1. The van der Waals surface area contributed by atoms with E-state index in [9.17, 15) is 37.5 Å². The molecule has 5 aliphatic rings. The molecule has 4 atom stereocenters. The second-order valence-corrected chi connectivity index (χ2v) is 39.1. The van der Waals surface area contributed by atoms with Gasteiger partial charge in [-0.2, -0.15) is 18.4 Å². The number of tetrazole rings is 1. The number of hydrogen-bond donors (Lipinski definition) is 6. The van der Waals surface area contributed by atoms with E-state index < -0.39 is 40.5 Å². The minimum Gasteiger partial charge on any atom is -0.488 e. The van der Waals surface area contributed by atoms with E-state index in [1.54, 1.807) is 36.4 Å². The van der Waals surface area contributed by atoms with E-state index in [1.165, 1.54) is 244 Å². The van der Waals surface area contributed by atoms with Gasteiger partial charge >= 0.3 is 30.1 Å². The molecule has 7 heterocycles. The Bertz CT molecular complexity index is 4480. The molecule has 6 N–H and O–H groups in total. The molecule has 6 aromatic carbocycles. The first-order chi connectivity index (χ1) is 64.0. The molecule has 0 aliphatic carbocycles. The van der Waals surface area contributed by atoms with Crippen molar-refractivity contribution in [1.82, 2.24) is 45.1 Å². The van der Waals surface area contributed by atoms with E-state index >= 15 is 0 Å². The Morgan fingerprint density at radius 3 is 1.17 bits per heavy atom. The molecule has 132 heavy (non-hydrogen) atoms. The van der Waals surface area contributed by atoms with E-state index in [2.05, 4.69) is 165 Å². The van der Waals surface area contributed by atoms with Crippen LogP contribution in [-0.2, 0) is 90.4 Å². The number of nitrogens with one attached hydrogen (secondary N) is 1. The molecule has 19 nitrogen and oxygen atoms in total. The van der Waals surface area contributed by atoms with Crippen LogP contribution in [0.4, 0.5) is 13.2 Å². The summed E-state index contributed by atoms with van der Waals surface area (Å²) < 4.78 is 46.4. The Morgan fingerprint density at radius 2 is 0.803 bits per heavy atom. The number of aliphatic carboxylic acids is 4. The molecule has 5 saturated heterocycles. The standard InChI is InChI=1S/C25H24F3NO3S.C22H35NO2.C21H33N5.C21H33NO3.C20H31NO2/c26-25(27,28)24-22(19-4-2-1-3-5-19)13-21(33-24)16-32-20-8-6-17(7-9-20)14-29-11-10-18(15-29)12-23(30)31;1-2-3-4-5-6-7-8-9-19-10-12-20(13-11-19)17-23-15-14-21(18-23)16-22(24)25;1-2-3-4-5-6-7-8-9-18-10-12-19(13-11-18)16-26-15-14-20(17-26)21-22-24-25-23-21;1-2-3-4-5-6-7-8-9-18-10-12-19(13-11-18)16-22-15-14-21(25,17-22)20(23)24;1-2-3-4-5-6-7-8-9-17-10-12-18(13-11-17)14-21-15-19(16-21)20(22)23/h1-9,13,18H,10-12,14-16H2,(H,30,31);10-13,21H,2-9,14-18H2,1H3,(H,24,25);10-13,20H,2-9,14-17H2,1H3,(H,22,23,24,25);10-13,25H,2-9,14-17H2,1H3,(H,23,24);10-13,19H,2-9,14-16H2,1H3,(H,22,23). The molecule has 724 valence electrons. The van der Waals surface area contributed by atoms with Crippen LogP contribution in [0.5, 0.6) is 5.75 Å². The predicted octanol–water partition coefficient (Wildman–Crippen LogP) is 24.6. The number of nitrogens with zero attached hydrogens (tertiary/aromatic N) is 8. The zero-order valence-electron chi connectivity index (χ0n) is 79.9. The maximum absolute atomic E-state index is 13.5. The second-order valence-electron chi connectivity index (χ2n) is 38.0. The van der Waals surface area contributed by atoms with Crippen molar-refractivity contribution in [1.29, 1.82) is 0 Å². The van der Waals surface area contributed by atoms with Crippen LogP contribution >= 0.6 is 11.3 Å². The topological polar surface area (TPSA) is 249 Å². The summed E-state index contributed by atoms with van der Waals surface area (Å²) in [6, 6.07) is 53.4.